The molecule has 3 aromatic rings. The van der Waals surface area contributed by atoms with Gasteiger partial charge < -0.3 is 19.5 Å². The van der Waals surface area contributed by atoms with Crippen molar-refractivity contribution in [2.24, 2.45) is 0 Å². The van der Waals surface area contributed by atoms with Crippen LogP contribution in [0.3, 0.4) is 0 Å². The number of fused-ring (bicyclic) bond motifs is 1. The van der Waals surface area contributed by atoms with Crippen LogP contribution in [0.15, 0.2) is 54.6 Å². The topological polar surface area (TPSA) is 56.8 Å². The molecule has 0 aromatic heterocycles. The van der Waals surface area contributed by atoms with E-state index in [2.05, 4.69) is 5.32 Å². The second-order valence-electron chi connectivity index (χ2n) is 5.99. The molecule has 0 saturated carbocycles. The minimum atomic E-state index is -0.896. The zero-order valence-electron chi connectivity index (χ0n) is 15.4. The molecule has 7 heteroatoms. The summed E-state index contributed by atoms with van der Waals surface area (Å²) in [6.45, 7) is 0.0581. The Labute approximate surface area is 173 Å². The highest BCUT2D eigenvalue weighted by Crippen LogP contribution is 2.35. The van der Waals surface area contributed by atoms with Crippen molar-refractivity contribution in [2.75, 3.05) is 26.1 Å². The van der Waals surface area contributed by atoms with Crippen LogP contribution in [-0.4, -0.2) is 32.8 Å². The number of para-hydroxylation sites is 2. The largest absolute Gasteiger partial charge is 0.495 e. The number of anilines is 1. The number of halogens is 2. The summed E-state index contributed by atoms with van der Waals surface area (Å²) in [6, 6.07) is 16.0. The molecule has 1 N–H and O–H groups in total. The first-order valence-corrected chi connectivity index (χ1v) is 9.26. The Morgan fingerprint density at radius 2 is 1.79 bits per heavy atom. The van der Waals surface area contributed by atoms with Crippen molar-refractivity contribution in [1.82, 2.24) is 0 Å². The number of nitrogens with one attached hydrogen (secondary N) is 1. The van der Waals surface area contributed by atoms with Gasteiger partial charge in [-0.1, -0.05) is 47.5 Å². The Morgan fingerprint density at radius 1 is 1.04 bits per heavy atom. The summed E-state index contributed by atoms with van der Waals surface area (Å²) in [5, 5.41) is 5.28. The number of carbonyl (C=O) groups is 1. The molecule has 0 spiro atoms. The average Bonchev–Trinajstić information content (AvgIpc) is 2.67. The third-order valence-corrected chi connectivity index (χ3v) is 4.62. The number of amides is 1. The predicted molar refractivity (Wildman–Crippen MR) is 112 cm³/mol. The number of hydrogen-bond donors (Lipinski definition) is 1. The lowest BCUT2D eigenvalue weighted by molar-refractivity contribution is -0.124. The molecule has 0 heterocycles. The van der Waals surface area contributed by atoms with Gasteiger partial charge in [-0.3, -0.25) is 4.79 Å². The number of methoxy groups -OCH3 is 2. The maximum absolute atomic E-state index is 12.8. The first-order valence-electron chi connectivity index (χ1n) is 8.50. The first-order chi connectivity index (χ1) is 13.5. The molecule has 0 fully saturated rings. The van der Waals surface area contributed by atoms with Gasteiger partial charge in [-0.2, -0.15) is 0 Å². The summed E-state index contributed by atoms with van der Waals surface area (Å²) >= 11 is 12.4. The zero-order valence-corrected chi connectivity index (χ0v) is 16.9. The quantitative estimate of drug-likeness (QED) is 0.572. The minimum absolute atomic E-state index is 0.0581. The second kappa shape index (κ2) is 9.15. The molecular weight excluding hydrogens is 401 g/mol. The van der Waals surface area contributed by atoms with Gasteiger partial charge in [0, 0.05) is 17.5 Å². The van der Waals surface area contributed by atoms with Crippen LogP contribution in [0.4, 0.5) is 5.69 Å². The van der Waals surface area contributed by atoms with Crippen LogP contribution in [0.1, 0.15) is 0 Å². The van der Waals surface area contributed by atoms with Crippen LogP contribution in [0.25, 0.3) is 10.8 Å². The molecule has 0 radical (unpaired) electrons. The highest BCUT2D eigenvalue weighted by atomic mass is 35.5. The normalized spacial score (nSPS) is 11.9. The van der Waals surface area contributed by atoms with E-state index in [1.165, 1.54) is 14.2 Å². The van der Waals surface area contributed by atoms with Crippen LogP contribution >= 0.6 is 23.2 Å². The summed E-state index contributed by atoms with van der Waals surface area (Å²) in [5.41, 5.74) is 0.544. The molecule has 0 bridgehead atoms. The van der Waals surface area contributed by atoms with Crippen LogP contribution in [0.5, 0.6) is 11.5 Å². The van der Waals surface area contributed by atoms with E-state index in [9.17, 15) is 4.79 Å². The Balaban J connectivity index is 1.89. The Morgan fingerprint density at radius 3 is 2.54 bits per heavy atom. The van der Waals surface area contributed by atoms with Crippen LogP contribution in [0, 0.1) is 0 Å². The average molecular weight is 420 g/mol. The lowest BCUT2D eigenvalue weighted by Crippen LogP contribution is -2.36. The maximum Gasteiger partial charge on any atom is 0.267 e. The van der Waals surface area contributed by atoms with Crippen molar-refractivity contribution in [2.45, 2.75) is 6.10 Å². The van der Waals surface area contributed by atoms with Crippen LogP contribution in [-0.2, 0) is 9.53 Å². The van der Waals surface area contributed by atoms with Crippen molar-refractivity contribution < 1.29 is 19.0 Å². The summed E-state index contributed by atoms with van der Waals surface area (Å²) in [7, 11) is 3.04. The van der Waals surface area contributed by atoms with Gasteiger partial charge in [0.15, 0.2) is 0 Å². The lowest BCUT2D eigenvalue weighted by Gasteiger charge is -2.20. The van der Waals surface area contributed by atoms with E-state index in [1.807, 2.05) is 18.2 Å². The van der Waals surface area contributed by atoms with Gasteiger partial charge in [0.05, 0.1) is 24.4 Å². The van der Waals surface area contributed by atoms with Crippen LogP contribution < -0.4 is 14.8 Å². The fourth-order valence-corrected chi connectivity index (χ4v) is 3.44. The first kappa shape index (κ1) is 20.3. The maximum atomic E-state index is 12.8. The Kier molecular flexibility index (Phi) is 6.62. The van der Waals surface area contributed by atoms with Crippen molar-refractivity contribution in [1.29, 1.82) is 0 Å². The predicted octanol–water partition coefficient (Wildman–Crippen LogP) is 5.19. The number of benzene rings is 3. The second-order valence-corrected chi connectivity index (χ2v) is 6.84. The van der Waals surface area contributed by atoms with E-state index in [0.717, 1.165) is 5.39 Å². The van der Waals surface area contributed by atoms with Crippen molar-refractivity contribution in [3.63, 3.8) is 0 Å². The minimum Gasteiger partial charge on any atom is -0.495 e. The number of rotatable bonds is 7. The molecule has 0 aliphatic heterocycles. The monoisotopic (exact) mass is 419 g/mol. The molecule has 0 aliphatic carbocycles. The molecular formula is C21H19Cl2NO4. The van der Waals surface area contributed by atoms with Gasteiger partial charge in [-0.05, 0) is 35.7 Å². The van der Waals surface area contributed by atoms with E-state index in [1.54, 1.807) is 36.4 Å². The molecule has 146 valence electrons. The third kappa shape index (κ3) is 4.50. The highest BCUT2D eigenvalue weighted by Gasteiger charge is 2.23. The SMILES string of the molecule is COCC(Oc1cccc2cc(Cl)cc(Cl)c12)C(=O)Nc1ccccc1OC. The number of hydrogen-bond acceptors (Lipinski definition) is 4. The fraction of sp³-hybridized carbons (Fsp3) is 0.190. The van der Waals surface area contributed by atoms with Crippen molar-refractivity contribution in [3.05, 3.63) is 64.6 Å². The van der Waals surface area contributed by atoms with Gasteiger partial charge in [-0.25, -0.2) is 0 Å². The van der Waals surface area contributed by atoms with Gasteiger partial charge in [0.1, 0.15) is 11.5 Å². The fourth-order valence-electron chi connectivity index (χ4n) is 2.83. The summed E-state index contributed by atoms with van der Waals surface area (Å²) in [6.07, 6.45) is -0.896. The third-order valence-electron chi connectivity index (χ3n) is 4.10. The number of ether oxygens (including phenoxy) is 3. The van der Waals surface area contributed by atoms with E-state index < -0.39 is 6.10 Å². The molecule has 3 rings (SSSR count). The van der Waals surface area contributed by atoms with Gasteiger partial charge in [0.25, 0.3) is 5.91 Å². The molecule has 3 aromatic carbocycles. The molecule has 0 saturated heterocycles. The molecule has 1 amide bonds. The van der Waals surface area contributed by atoms with Gasteiger partial charge >= 0.3 is 0 Å². The van der Waals surface area contributed by atoms with Crippen molar-refractivity contribution >= 4 is 45.6 Å². The summed E-state index contributed by atoms with van der Waals surface area (Å²) in [5.74, 6) is 0.652. The molecule has 1 atom stereocenters. The Hall–Kier alpha value is -2.47. The van der Waals surface area contributed by atoms with E-state index in [0.29, 0.717) is 32.6 Å². The smallest absolute Gasteiger partial charge is 0.267 e. The van der Waals surface area contributed by atoms with Gasteiger partial charge in [0.2, 0.25) is 6.10 Å². The van der Waals surface area contributed by atoms with Crippen LogP contribution in [0.2, 0.25) is 10.0 Å². The summed E-state index contributed by atoms with van der Waals surface area (Å²) in [4.78, 5) is 12.8. The number of carbonyl (C=O) groups excluding carboxylic acids is 1. The standard InChI is InChI=1S/C21H19Cl2NO4/c1-26-12-19(21(25)24-16-7-3-4-8-17(16)27-2)28-18-9-5-6-13-10-14(22)11-15(23)20(13)18/h3-11,19H,12H2,1-2H3,(H,24,25). The Bertz CT molecular complexity index is 993. The molecule has 0 aliphatic rings. The highest BCUT2D eigenvalue weighted by molar-refractivity contribution is 6.39. The van der Waals surface area contributed by atoms with Crippen molar-refractivity contribution in [3.8, 4) is 11.5 Å². The molecule has 28 heavy (non-hydrogen) atoms. The van der Waals surface area contributed by atoms with E-state index in [4.69, 9.17) is 37.4 Å². The lowest BCUT2D eigenvalue weighted by atomic mass is 10.1. The molecule has 1 unspecified atom stereocenters. The van der Waals surface area contributed by atoms with Gasteiger partial charge in [-0.15, -0.1) is 0 Å². The summed E-state index contributed by atoms with van der Waals surface area (Å²) < 4.78 is 16.4. The van der Waals surface area contributed by atoms with E-state index >= 15 is 0 Å². The molecule has 5 nitrogen and oxygen atoms in total. The zero-order chi connectivity index (χ0) is 20.1. The van der Waals surface area contributed by atoms with E-state index in [-0.39, 0.29) is 12.5 Å².